The molecule has 0 atom stereocenters. The van der Waals surface area contributed by atoms with Crippen molar-refractivity contribution in [2.75, 3.05) is 10.7 Å². The van der Waals surface area contributed by atoms with Gasteiger partial charge in [-0.25, -0.2) is 10.8 Å². The zero-order valence-corrected chi connectivity index (χ0v) is 11.1. The summed E-state index contributed by atoms with van der Waals surface area (Å²) in [5.74, 6) is 5.49. The second-order valence-corrected chi connectivity index (χ2v) is 4.43. The van der Waals surface area contributed by atoms with Crippen molar-refractivity contribution in [2.24, 2.45) is 5.84 Å². The summed E-state index contributed by atoms with van der Waals surface area (Å²) in [7, 11) is 0. The lowest BCUT2D eigenvalue weighted by atomic mass is 10.1. The van der Waals surface area contributed by atoms with Gasteiger partial charge in [0.15, 0.2) is 0 Å². The Morgan fingerprint density at radius 3 is 2.90 bits per heavy atom. The number of pyridine rings is 2. The molecule has 0 spiro atoms. The van der Waals surface area contributed by atoms with Crippen LogP contribution in [0.1, 0.15) is 10.4 Å². The smallest absolute Gasteiger partial charge is 0.255 e. The normalized spacial score (nSPS) is 10.3. The number of nitrogen functional groups attached to an aromatic ring is 1. The Balaban J connectivity index is 1.93. The fraction of sp³-hybridized carbons (Fsp3) is 0. The Bertz CT molecular complexity index is 797. The van der Waals surface area contributed by atoms with E-state index in [0.717, 1.165) is 10.8 Å². The molecule has 3 rings (SSSR count). The molecule has 0 aliphatic carbocycles. The first kappa shape index (κ1) is 13.0. The van der Waals surface area contributed by atoms with Crippen LogP contribution >= 0.6 is 0 Å². The van der Waals surface area contributed by atoms with Crippen LogP contribution < -0.4 is 16.6 Å². The zero-order valence-electron chi connectivity index (χ0n) is 11.1. The summed E-state index contributed by atoms with van der Waals surface area (Å²) in [5.41, 5.74) is 3.60. The minimum Gasteiger partial charge on any atom is -0.321 e. The molecule has 2 aromatic heterocycles. The number of hydrogen-bond acceptors (Lipinski definition) is 5. The number of benzene rings is 1. The molecule has 0 bridgehead atoms. The maximum absolute atomic E-state index is 12.3. The van der Waals surface area contributed by atoms with Gasteiger partial charge in [-0.05, 0) is 29.7 Å². The molecule has 0 saturated heterocycles. The largest absolute Gasteiger partial charge is 0.321 e. The molecule has 0 saturated carbocycles. The van der Waals surface area contributed by atoms with Crippen molar-refractivity contribution in [1.82, 2.24) is 9.97 Å². The van der Waals surface area contributed by atoms with Crippen LogP contribution in [0.25, 0.3) is 10.8 Å². The van der Waals surface area contributed by atoms with Gasteiger partial charge in [0.2, 0.25) is 0 Å². The van der Waals surface area contributed by atoms with Crippen LogP contribution in [0.2, 0.25) is 0 Å². The van der Waals surface area contributed by atoms with Crippen molar-refractivity contribution in [2.45, 2.75) is 0 Å². The van der Waals surface area contributed by atoms with E-state index in [1.165, 1.54) is 6.20 Å². The van der Waals surface area contributed by atoms with Gasteiger partial charge in [0.1, 0.15) is 5.82 Å². The lowest BCUT2D eigenvalue weighted by Crippen LogP contribution is -2.14. The van der Waals surface area contributed by atoms with Gasteiger partial charge in [-0.3, -0.25) is 9.78 Å². The van der Waals surface area contributed by atoms with Crippen molar-refractivity contribution in [3.05, 3.63) is 60.6 Å². The van der Waals surface area contributed by atoms with Crippen molar-refractivity contribution < 1.29 is 4.79 Å². The van der Waals surface area contributed by atoms with Gasteiger partial charge in [0, 0.05) is 29.5 Å². The summed E-state index contributed by atoms with van der Waals surface area (Å²) in [4.78, 5) is 20.4. The van der Waals surface area contributed by atoms with E-state index in [4.69, 9.17) is 5.84 Å². The first-order valence-corrected chi connectivity index (χ1v) is 6.35. The number of nitrogens with one attached hydrogen (secondary N) is 2. The van der Waals surface area contributed by atoms with E-state index in [0.29, 0.717) is 17.1 Å². The predicted molar refractivity (Wildman–Crippen MR) is 81.7 cm³/mol. The molecule has 0 unspecified atom stereocenters. The first-order valence-electron chi connectivity index (χ1n) is 6.35. The summed E-state index contributed by atoms with van der Waals surface area (Å²) in [6.45, 7) is 0. The van der Waals surface area contributed by atoms with Crippen LogP contribution in [0.3, 0.4) is 0 Å². The number of aromatic nitrogens is 2. The molecule has 6 nitrogen and oxygen atoms in total. The summed E-state index contributed by atoms with van der Waals surface area (Å²) in [6.07, 6.45) is 4.97. The van der Waals surface area contributed by atoms with Gasteiger partial charge in [-0.15, -0.1) is 0 Å². The van der Waals surface area contributed by atoms with E-state index in [1.807, 2.05) is 24.3 Å². The van der Waals surface area contributed by atoms with Crippen molar-refractivity contribution >= 4 is 28.2 Å². The van der Waals surface area contributed by atoms with Gasteiger partial charge in [-0.1, -0.05) is 12.1 Å². The van der Waals surface area contributed by atoms with E-state index >= 15 is 0 Å². The standard InChI is InChI=1S/C15H13N5O/c16-20-14-8-11(5-7-18-14)15(21)19-13-3-1-2-10-4-6-17-9-12(10)13/h1-9H,16H2,(H,18,20)(H,19,21). The van der Waals surface area contributed by atoms with Crippen LogP contribution in [0.5, 0.6) is 0 Å². The van der Waals surface area contributed by atoms with E-state index < -0.39 is 0 Å². The maximum atomic E-state index is 12.3. The second kappa shape index (κ2) is 5.56. The fourth-order valence-corrected chi connectivity index (χ4v) is 2.07. The molecule has 3 aromatic rings. The SMILES string of the molecule is NNc1cc(C(=O)Nc2cccc3ccncc23)ccn1. The van der Waals surface area contributed by atoms with E-state index in [2.05, 4.69) is 20.7 Å². The molecule has 0 aliphatic heterocycles. The average Bonchev–Trinajstić information content (AvgIpc) is 2.55. The first-order chi connectivity index (χ1) is 10.3. The number of anilines is 2. The van der Waals surface area contributed by atoms with Crippen molar-refractivity contribution in [3.63, 3.8) is 0 Å². The summed E-state index contributed by atoms with van der Waals surface area (Å²) < 4.78 is 0. The minimum atomic E-state index is -0.231. The number of amides is 1. The van der Waals surface area contributed by atoms with Gasteiger partial charge < -0.3 is 10.7 Å². The number of nitrogens with two attached hydrogens (primary N) is 1. The molecule has 21 heavy (non-hydrogen) atoms. The van der Waals surface area contributed by atoms with Gasteiger partial charge >= 0.3 is 0 Å². The predicted octanol–water partition coefficient (Wildman–Crippen LogP) is 2.17. The lowest BCUT2D eigenvalue weighted by molar-refractivity contribution is 0.102. The second-order valence-electron chi connectivity index (χ2n) is 4.43. The molecule has 0 radical (unpaired) electrons. The Hall–Kier alpha value is -2.99. The van der Waals surface area contributed by atoms with Gasteiger partial charge in [-0.2, -0.15) is 0 Å². The minimum absolute atomic E-state index is 0.231. The highest BCUT2D eigenvalue weighted by molar-refractivity contribution is 6.09. The molecule has 1 amide bonds. The third-order valence-corrected chi connectivity index (χ3v) is 3.10. The highest BCUT2D eigenvalue weighted by atomic mass is 16.1. The molecule has 4 N–H and O–H groups in total. The number of rotatable bonds is 3. The number of carbonyl (C=O) groups excluding carboxylic acids is 1. The number of carbonyl (C=O) groups is 1. The highest BCUT2D eigenvalue weighted by Crippen LogP contribution is 2.22. The number of hydrazine groups is 1. The van der Waals surface area contributed by atoms with Gasteiger partial charge in [0.05, 0.1) is 5.69 Å². The molecule has 1 aromatic carbocycles. The van der Waals surface area contributed by atoms with Crippen LogP contribution in [-0.4, -0.2) is 15.9 Å². The molecular weight excluding hydrogens is 266 g/mol. The lowest BCUT2D eigenvalue weighted by Gasteiger charge is -2.09. The average molecular weight is 279 g/mol. The van der Waals surface area contributed by atoms with E-state index in [9.17, 15) is 4.79 Å². The Morgan fingerprint density at radius 2 is 2.05 bits per heavy atom. The molecule has 0 fully saturated rings. The zero-order chi connectivity index (χ0) is 14.7. The van der Waals surface area contributed by atoms with Crippen LogP contribution in [0, 0.1) is 0 Å². The van der Waals surface area contributed by atoms with Crippen molar-refractivity contribution in [1.29, 1.82) is 0 Å². The maximum Gasteiger partial charge on any atom is 0.255 e. The number of fused-ring (bicyclic) bond motifs is 1. The quantitative estimate of drug-likeness (QED) is 0.504. The third kappa shape index (κ3) is 2.65. The topological polar surface area (TPSA) is 92.9 Å². The molecular formula is C15H13N5O. The Labute approximate surface area is 121 Å². The molecule has 0 aliphatic rings. The molecule has 6 heteroatoms. The summed E-state index contributed by atoms with van der Waals surface area (Å²) >= 11 is 0. The molecule has 2 heterocycles. The Kier molecular flexibility index (Phi) is 3.44. The molecule has 104 valence electrons. The Morgan fingerprint density at radius 1 is 1.14 bits per heavy atom. The van der Waals surface area contributed by atoms with Crippen LogP contribution in [0.4, 0.5) is 11.5 Å². The fourth-order valence-electron chi connectivity index (χ4n) is 2.07. The summed E-state index contributed by atoms with van der Waals surface area (Å²) in [5, 5.41) is 4.78. The van der Waals surface area contributed by atoms with Crippen LogP contribution in [0.15, 0.2) is 55.0 Å². The van der Waals surface area contributed by atoms with Crippen LogP contribution in [-0.2, 0) is 0 Å². The van der Waals surface area contributed by atoms with E-state index in [1.54, 1.807) is 24.5 Å². The van der Waals surface area contributed by atoms with E-state index in [-0.39, 0.29) is 5.91 Å². The number of nitrogens with zero attached hydrogens (tertiary/aromatic N) is 2. The summed E-state index contributed by atoms with van der Waals surface area (Å²) in [6, 6.07) is 10.8. The monoisotopic (exact) mass is 279 g/mol. The van der Waals surface area contributed by atoms with Crippen molar-refractivity contribution in [3.8, 4) is 0 Å². The number of hydrogen-bond donors (Lipinski definition) is 3. The van der Waals surface area contributed by atoms with Gasteiger partial charge in [0.25, 0.3) is 5.91 Å². The highest BCUT2D eigenvalue weighted by Gasteiger charge is 2.09. The third-order valence-electron chi connectivity index (χ3n) is 3.10.